The van der Waals surface area contributed by atoms with Crippen LogP contribution in [0.25, 0.3) is 0 Å². The largest absolute Gasteiger partial charge is 0.363 e. The van der Waals surface area contributed by atoms with Crippen molar-refractivity contribution >= 4 is 17.4 Å². The second-order valence-corrected chi connectivity index (χ2v) is 2.65. The van der Waals surface area contributed by atoms with Gasteiger partial charge in [0, 0.05) is 6.07 Å². The molecule has 0 aromatic carbocycles. The van der Waals surface area contributed by atoms with Crippen LogP contribution in [0.15, 0.2) is 12.1 Å². The number of hydrogen-bond donors (Lipinski definition) is 0. The maximum atomic E-state index is 10.3. The van der Waals surface area contributed by atoms with Gasteiger partial charge in [-0.25, -0.2) is 0 Å². The molecule has 0 atom stereocenters. The summed E-state index contributed by atoms with van der Waals surface area (Å²) in [7, 11) is 0. The van der Waals surface area contributed by atoms with Crippen LogP contribution in [0, 0.1) is 17.0 Å². The van der Waals surface area contributed by atoms with Gasteiger partial charge in [0.05, 0.1) is 5.88 Å². The Hall–Kier alpha value is -1.16. The number of aryl methyl sites for hydroxylation is 1. The molecule has 0 bridgehead atoms. The zero-order valence-electron chi connectivity index (χ0n) is 6.45. The SMILES string of the molecule is Cc1cc(CCl)nc([N+](=O)[O-])c1. The average Bonchev–Trinajstić information content (AvgIpc) is 2.03. The van der Waals surface area contributed by atoms with Crippen LogP contribution in [0.2, 0.25) is 0 Å². The third-order valence-electron chi connectivity index (χ3n) is 1.33. The van der Waals surface area contributed by atoms with E-state index in [0.29, 0.717) is 5.69 Å². The van der Waals surface area contributed by atoms with Crippen molar-refractivity contribution in [1.82, 2.24) is 4.98 Å². The van der Waals surface area contributed by atoms with Crippen LogP contribution in [0.4, 0.5) is 5.82 Å². The zero-order valence-corrected chi connectivity index (χ0v) is 7.21. The van der Waals surface area contributed by atoms with E-state index in [1.54, 1.807) is 13.0 Å². The molecule has 1 aromatic rings. The summed E-state index contributed by atoms with van der Waals surface area (Å²) >= 11 is 5.49. The third kappa shape index (κ3) is 1.92. The topological polar surface area (TPSA) is 56.0 Å². The average molecular weight is 187 g/mol. The second-order valence-electron chi connectivity index (χ2n) is 2.38. The van der Waals surface area contributed by atoms with Gasteiger partial charge in [0.2, 0.25) is 0 Å². The van der Waals surface area contributed by atoms with Gasteiger partial charge in [-0.05, 0) is 28.5 Å². The van der Waals surface area contributed by atoms with Gasteiger partial charge < -0.3 is 10.1 Å². The van der Waals surface area contributed by atoms with Crippen molar-refractivity contribution in [3.63, 3.8) is 0 Å². The summed E-state index contributed by atoms with van der Waals surface area (Å²) in [5.74, 6) is 0.0494. The maximum Gasteiger partial charge on any atom is 0.363 e. The molecule has 1 heterocycles. The summed E-state index contributed by atoms with van der Waals surface area (Å²) in [6, 6.07) is 3.13. The van der Waals surface area contributed by atoms with Gasteiger partial charge in [0.25, 0.3) is 0 Å². The molecule has 0 spiro atoms. The molecule has 64 valence electrons. The molecule has 0 saturated carbocycles. The number of hydrogen-bond acceptors (Lipinski definition) is 3. The molecule has 1 rings (SSSR count). The molecule has 0 N–H and O–H groups in total. The number of halogens is 1. The number of rotatable bonds is 2. The first-order chi connectivity index (χ1) is 5.63. The highest BCUT2D eigenvalue weighted by Gasteiger charge is 2.10. The molecule has 5 heteroatoms. The quantitative estimate of drug-likeness (QED) is 0.404. The Labute approximate surface area is 74.3 Å². The molecule has 0 amide bonds. The highest BCUT2D eigenvalue weighted by atomic mass is 35.5. The van der Waals surface area contributed by atoms with Crippen LogP contribution >= 0.6 is 11.6 Å². The Morgan fingerprint density at radius 2 is 2.33 bits per heavy atom. The van der Waals surface area contributed by atoms with Crippen LogP contribution in [-0.2, 0) is 5.88 Å². The van der Waals surface area contributed by atoms with Gasteiger partial charge >= 0.3 is 5.82 Å². The fraction of sp³-hybridized carbons (Fsp3) is 0.286. The molecule has 1 aromatic heterocycles. The van der Waals surface area contributed by atoms with Crippen molar-refractivity contribution in [1.29, 1.82) is 0 Å². The lowest BCUT2D eigenvalue weighted by molar-refractivity contribution is -0.389. The number of nitro groups is 1. The minimum atomic E-state index is -0.525. The van der Waals surface area contributed by atoms with Crippen LogP contribution in [0.3, 0.4) is 0 Å². The van der Waals surface area contributed by atoms with E-state index in [-0.39, 0.29) is 11.7 Å². The van der Waals surface area contributed by atoms with Crippen molar-refractivity contribution in [2.24, 2.45) is 0 Å². The minimum absolute atomic E-state index is 0.148. The van der Waals surface area contributed by atoms with Crippen LogP contribution in [0.5, 0.6) is 0 Å². The van der Waals surface area contributed by atoms with Crippen molar-refractivity contribution in [3.8, 4) is 0 Å². The monoisotopic (exact) mass is 186 g/mol. The predicted molar refractivity (Wildman–Crippen MR) is 45.2 cm³/mol. The van der Waals surface area contributed by atoms with E-state index in [4.69, 9.17) is 11.6 Å². The van der Waals surface area contributed by atoms with E-state index in [0.717, 1.165) is 5.56 Å². The molecule has 0 radical (unpaired) electrons. The van der Waals surface area contributed by atoms with Gasteiger partial charge in [-0.15, -0.1) is 11.6 Å². The molecular weight excluding hydrogens is 180 g/mol. The summed E-state index contributed by atoms with van der Waals surface area (Å²) < 4.78 is 0. The van der Waals surface area contributed by atoms with E-state index >= 15 is 0 Å². The highest BCUT2D eigenvalue weighted by molar-refractivity contribution is 6.16. The van der Waals surface area contributed by atoms with Crippen molar-refractivity contribution in [2.75, 3.05) is 0 Å². The molecule has 0 saturated heterocycles. The van der Waals surface area contributed by atoms with Gasteiger partial charge in [-0.2, -0.15) is 0 Å². The summed E-state index contributed by atoms with van der Waals surface area (Å²) in [4.78, 5) is 13.5. The lowest BCUT2D eigenvalue weighted by Gasteiger charge is -1.95. The standard InChI is InChI=1S/C7H7ClN2O2/c1-5-2-6(4-8)9-7(3-5)10(11)12/h2-3H,4H2,1H3. The lowest BCUT2D eigenvalue weighted by atomic mass is 10.2. The van der Waals surface area contributed by atoms with Crippen molar-refractivity contribution in [2.45, 2.75) is 12.8 Å². The molecule has 4 nitrogen and oxygen atoms in total. The Morgan fingerprint density at radius 1 is 1.67 bits per heavy atom. The lowest BCUT2D eigenvalue weighted by Crippen LogP contribution is -1.95. The summed E-state index contributed by atoms with van der Waals surface area (Å²) in [6.07, 6.45) is 0. The van der Waals surface area contributed by atoms with Gasteiger partial charge in [0.15, 0.2) is 5.69 Å². The molecule has 0 aliphatic carbocycles. The number of pyridine rings is 1. The van der Waals surface area contributed by atoms with Crippen LogP contribution in [-0.4, -0.2) is 9.91 Å². The van der Waals surface area contributed by atoms with Crippen LogP contribution in [0.1, 0.15) is 11.3 Å². The first-order valence-electron chi connectivity index (χ1n) is 3.31. The fourth-order valence-electron chi connectivity index (χ4n) is 0.882. The Kier molecular flexibility index (Phi) is 2.60. The van der Waals surface area contributed by atoms with E-state index in [1.807, 2.05) is 0 Å². The molecule has 0 aliphatic rings. The summed E-state index contributed by atoms with van der Waals surface area (Å²) in [5.41, 5.74) is 1.33. The number of aromatic nitrogens is 1. The van der Waals surface area contributed by atoms with E-state index in [1.165, 1.54) is 6.07 Å². The van der Waals surface area contributed by atoms with E-state index < -0.39 is 4.92 Å². The van der Waals surface area contributed by atoms with E-state index in [9.17, 15) is 10.1 Å². The third-order valence-corrected chi connectivity index (χ3v) is 1.61. The van der Waals surface area contributed by atoms with Crippen LogP contribution < -0.4 is 0 Å². The summed E-state index contributed by atoms with van der Waals surface area (Å²) in [5, 5.41) is 10.3. The minimum Gasteiger partial charge on any atom is -0.358 e. The first-order valence-corrected chi connectivity index (χ1v) is 3.85. The van der Waals surface area contributed by atoms with Gasteiger partial charge in [-0.1, -0.05) is 0 Å². The maximum absolute atomic E-state index is 10.3. The number of nitrogens with zero attached hydrogens (tertiary/aromatic N) is 2. The molecule has 12 heavy (non-hydrogen) atoms. The molecule has 0 aliphatic heterocycles. The second kappa shape index (κ2) is 3.49. The Balaban J connectivity index is 3.15. The number of alkyl halides is 1. The van der Waals surface area contributed by atoms with Crippen molar-refractivity contribution in [3.05, 3.63) is 33.5 Å². The molecular formula is C7H7ClN2O2. The Morgan fingerprint density at radius 3 is 2.83 bits per heavy atom. The van der Waals surface area contributed by atoms with E-state index in [2.05, 4.69) is 4.98 Å². The predicted octanol–water partition coefficient (Wildman–Crippen LogP) is 2.04. The zero-order chi connectivity index (χ0) is 9.14. The van der Waals surface area contributed by atoms with Gasteiger partial charge in [0.1, 0.15) is 0 Å². The highest BCUT2D eigenvalue weighted by Crippen LogP contribution is 2.12. The molecule has 0 fully saturated rings. The van der Waals surface area contributed by atoms with Gasteiger partial charge in [-0.3, -0.25) is 0 Å². The summed E-state index contributed by atoms with van der Waals surface area (Å²) in [6.45, 7) is 1.77. The normalized spacial score (nSPS) is 9.83. The first kappa shape index (κ1) is 8.93. The Bertz CT molecular complexity index is 314. The molecule has 0 unspecified atom stereocenters. The fourth-order valence-corrected chi connectivity index (χ4v) is 1.02. The van der Waals surface area contributed by atoms with Crippen molar-refractivity contribution < 1.29 is 4.92 Å². The smallest absolute Gasteiger partial charge is 0.358 e.